The van der Waals surface area contributed by atoms with Gasteiger partial charge in [0.25, 0.3) is 0 Å². The number of Topliss-reactive ketones (excluding diaryl/α,β-unsaturated/α-hetero) is 1. The summed E-state index contributed by atoms with van der Waals surface area (Å²) in [5.41, 5.74) is 1.77. The minimum atomic E-state index is 0.00218. The Balaban J connectivity index is 2.12. The quantitative estimate of drug-likeness (QED) is 0.746. The van der Waals surface area contributed by atoms with Gasteiger partial charge in [-0.1, -0.05) is 6.42 Å². The average molecular weight is 204 g/mol. The molecule has 0 amide bonds. The van der Waals surface area contributed by atoms with Crippen LogP contribution >= 0.6 is 0 Å². The predicted molar refractivity (Wildman–Crippen MR) is 58.9 cm³/mol. The minimum Gasteiger partial charge on any atom is -0.307 e. The van der Waals surface area contributed by atoms with Crippen molar-refractivity contribution in [2.45, 2.75) is 32.2 Å². The van der Waals surface area contributed by atoms with Crippen LogP contribution in [0.2, 0.25) is 0 Å². The summed E-state index contributed by atoms with van der Waals surface area (Å²) in [7, 11) is 0. The highest BCUT2D eigenvalue weighted by Crippen LogP contribution is 2.13. The Morgan fingerprint density at radius 1 is 1.47 bits per heavy atom. The number of rotatable bonds is 2. The van der Waals surface area contributed by atoms with Gasteiger partial charge in [-0.15, -0.1) is 0 Å². The van der Waals surface area contributed by atoms with Crippen LogP contribution in [0.1, 0.15) is 35.2 Å². The zero-order valence-electron chi connectivity index (χ0n) is 8.99. The summed E-state index contributed by atoms with van der Waals surface area (Å²) < 4.78 is 0. The lowest BCUT2D eigenvalue weighted by molar-refractivity contribution is 0.0926. The summed E-state index contributed by atoms with van der Waals surface area (Å²) in [6.07, 6.45) is 6.70. The van der Waals surface area contributed by atoms with Crippen molar-refractivity contribution in [1.29, 1.82) is 0 Å². The number of ketones is 1. The van der Waals surface area contributed by atoms with Crippen molar-refractivity contribution in [3.05, 3.63) is 29.6 Å². The Kier molecular flexibility index (Phi) is 3.11. The first kappa shape index (κ1) is 10.3. The predicted octanol–water partition coefficient (Wildman–Crippen LogP) is 1.71. The van der Waals surface area contributed by atoms with Crippen LogP contribution in [0.25, 0.3) is 0 Å². The number of carbonyl (C=O) groups is 1. The van der Waals surface area contributed by atoms with E-state index in [1.54, 1.807) is 12.4 Å². The third-order valence-electron chi connectivity index (χ3n) is 2.79. The fourth-order valence-corrected chi connectivity index (χ4v) is 1.97. The molecule has 0 aliphatic carbocycles. The average Bonchev–Trinajstić information content (AvgIpc) is 2.29. The number of aryl methyl sites for hydroxylation is 1. The van der Waals surface area contributed by atoms with Gasteiger partial charge in [0.2, 0.25) is 0 Å². The molecule has 0 saturated carbocycles. The number of nitrogens with zero attached hydrogens (tertiary/aromatic N) is 1. The SMILES string of the molecule is Cc1cncc(C(=O)C2CCCCN2)c1. The van der Waals surface area contributed by atoms with E-state index in [0.717, 1.165) is 30.5 Å². The van der Waals surface area contributed by atoms with Gasteiger partial charge in [-0.05, 0) is 37.9 Å². The fourth-order valence-electron chi connectivity index (χ4n) is 1.97. The number of nitrogens with one attached hydrogen (secondary N) is 1. The van der Waals surface area contributed by atoms with Gasteiger partial charge in [-0.3, -0.25) is 9.78 Å². The number of hydrogen-bond donors (Lipinski definition) is 1. The second kappa shape index (κ2) is 4.53. The van der Waals surface area contributed by atoms with E-state index >= 15 is 0 Å². The molecule has 1 unspecified atom stereocenters. The van der Waals surface area contributed by atoms with Crippen molar-refractivity contribution >= 4 is 5.78 Å². The molecule has 80 valence electrons. The van der Waals surface area contributed by atoms with Crippen molar-refractivity contribution in [3.63, 3.8) is 0 Å². The van der Waals surface area contributed by atoms with Gasteiger partial charge >= 0.3 is 0 Å². The Bertz CT molecular complexity index is 356. The van der Waals surface area contributed by atoms with Crippen LogP contribution in [-0.4, -0.2) is 23.4 Å². The summed E-state index contributed by atoms with van der Waals surface area (Å²) >= 11 is 0. The van der Waals surface area contributed by atoms with E-state index in [2.05, 4.69) is 10.3 Å². The molecule has 1 aliphatic rings. The van der Waals surface area contributed by atoms with E-state index in [-0.39, 0.29) is 11.8 Å². The standard InChI is InChI=1S/C12H16N2O/c1-9-6-10(8-13-7-9)12(15)11-4-2-3-5-14-11/h6-8,11,14H,2-5H2,1H3. The van der Waals surface area contributed by atoms with Gasteiger partial charge in [0.1, 0.15) is 0 Å². The molecular formula is C12H16N2O. The van der Waals surface area contributed by atoms with Gasteiger partial charge in [0, 0.05) is 18.0 Å². The topological polar surface area (TPSA) is 42.0 Å². The summed E-state index contributed by atoms with van der Waals surface area (Å²) in [4.78, 5) is 16.1. The van der Waals surface area contributed by atoms with E-state index in [9.17, 15) is 4.79 Å². The normalized spacial score (nSPS) is 21.3. The Morgan fingerprint density at radius 3 is 3.00 bits per heavy atom. The Hall–Kier alpha value is -1.22. The lowest BCUT2D eigenvalue weighted by atomic mass is 9.97. The maximum Gasteiger partial charge on any atom is 0.181 e. The van der Waals surface area contributed by atoms with Crippen LogP contribution in [-0.2, 0) is 0 Å². The summed E-state index contributed by atoms with van der Waals surface area (Å²) in [5.74, 6) is 0.186. The molecule has 2 heterocycles. The lowest BCUT2D eigenvalue weighted by Crippen LogP contribution is -2.40. The molecule has 0 bridgehead atoms. The van der Waals surface area contributed by atoms with E-state index in [1.165, 1.54) is 6.42 Å². The van der Waals surface area contributed by atoms with E-state index in [0.29, 0.717) is 0 Å². The van der Waals surface area contributed by atoms with Crippen LogP contribution in [0.3, 0.4) is 0 Å². The molecule has 0 radical (unpaired) electrons. The molecule has 1 saturated heterocycles. The largest absolute Gasteiger partial charge is 0.307 e. The zero-order chi connectivity index (χ0) is 10.7. The van der Waals surface area contributed by atoms with E-state index < -0.39 is 0 Å². The zero-order valence-corrected chi connectivity index (χ0v) is 8.99. The summed E-state index contributed by atoms with van der Waals surface area (Å²) in [5, 5.41) is 3.26. The lowest BCUT2D eigenvalue weighted by Gasteiger charge is -2.22. The van der Waals surface area contributed by atoms with Crippen LogP contribution in [0, 0.1) is 6.92 Å². The molecule has 1 aliphatic heterocycles. The molecule has 1 fully saturated rings. The van der Waals surface area contributed by atoms with Crippen molar-refractivity contribution in [2.75, 3.05) is 6.54 Å². The highest BCUT2D eigenvalue weighted by Gasteiger charge is 2.21. The molecule has 15 heavy (non-hydrogen) atoms. The van der Waals surface area contributed by atoms with Gasteiger partial charge < -0.3 is 5.32 Å². The number of pyridine rings is 1. The number of hydrogen-bond acceptors (Lipinski definition) is 3. The van der Waals surface area contributed by atoms with Crippen LogP contribution in [0.4, 0.5) is 0 Å². The molecular weight excluding hydrogens is 188 g/mol. The smallest absolute Gasteiger partial charge is 0.181 e. The third-order valence-corrected chi connectivity index (χ3v) is 2.79. The second-order valence-corrected chi connectivity index (χ2v) is 4.12. The molecule has 2 rings (SSSR count). The third kappa shape index (κ3) is 2.42. The maximum absolute atomic E-state index is 12.0. The highest BCUT2D eigenvalue weighted by atomic mass is 16.1. The second-order valence-electron chi connectivity index (χ2n) is 4.12. The van der Waals surface area contributed by atoms with Crippen LogP contribution < -0.4 is 5.32 Å². The molecule has 3 nitrogen and oxygen atoms in total. The first-order valence-corrected chi connectivity index (χ1v) is 5.46. The Labute approximate surface area is 89.9 Å². The molecule has 1 atom stereocenters. The van der Waals surface area contributed by atoms with Crippen LogP contribution in [0.5, 0.6) is 0 Å². The number of piperidine rings is 1. The summed E-state index contributed by atoms with van der Waals surface area (Å²) in [6.45, 7) is 2.91. The molecule has 0 aromatic carbocycles. The fraction of sp³-hybridized carbons (Fsp3) is 0.500. The van der Waals surface area contributed by atoms with Gasteiger partial charge in [-0.25, -0.2) is 0 Å². The first-order chi connectivity index (χ1) is 7.27. The molecule has 1 aromatic heterocycles. The summed E-state index contributed by atoms with van der Waals surface area (Å²) in [6, 6.07) is 1.91. The first-order valence-electron chi connectivity index (χ1n) is 5.46. The van der Waals surface area contributed by atoms with Crippen molar-refractivity contribution in [2.24, 2.45) is 0 Å². The monoisotopic (exact) mass is 204 g/mol. The van der Waals surface area contributed by atoms with Crippen molar-refractivity contribution in [3.8, 4) is 0 Å². The molecule has 3 heteroatoms. The molecule has 1 aromatic rings. The minimum absolute atomic E-state index is 0.00218. The maximum atomic E-state index is 12.0. The van der Waals surface area contributed by atoms with Crippen molar-refractivity contribution < 1.29 is 4.79 Å². The van der Waals surface area contributed by atoms with Gasteiger partial charge in [0.05, 0.1) is 6.04 Å². The van der Waals surface area contributed by atoms with Crippen molar-refractivity contribution in [1.82, 2.24) is 10.3 Å². The molecule has 1 N–H and O–H groups in total. The van der Waals surface area contributed by atoms with Crippen LogP contribution in [0.15, 0.2) is 18.5 Å². The number of carbonyl (C=O) groups excluding carboxylic acids is 1. The number of aromatic nitrogens is 1. The van der Waals surface area contributed by atoms with E-state index in [1.807, 2.05) is 13.0 Å². The highest BCUT2D eigenvalue weighted by molar-refractivity contribution is 6.00. The van der Waals surface area contributed by atoms with Gasteiger partial charge in [-0.2, -0.15) is 0 Å². The molecule has 0 spiro atoms. The van der Waals surface area contributed by atoms with Gasteiger partial charge in [0.15, 0.2) is 5.78 Å². The van der Waals surface area contributed by atoms with E-state index in [4.69, 9.17) is 0 Å². The Morgan fingerprint density at radius 2 is 2.33 bits per heavy atom.